The third-order valence-corrected chi connectivity index (χ3v) is 5.85. The van der Waals surface area contributed by atoms with Gasteiger partial charge in [-0.2, -0.15) is 5.10 Å². The van der Waals surface area contributed by atoms with Crippen molar-refractivity contribution >= 4 is 17.5 Å². The number of para-hydroxylation sites is 1. The fraction of sp³-hybridized carbons (Fsp3) is 0.292. The van der Waals surface area contributed by atoms with E-state index in [2.05, 4.69) is 15.3 Å². The summed E-state index contributed by atoms with van der Waals surface area (Å²) in [6.45, 7) is 3.90. The van der Waals surface area contributed by atoms with Crippen molar-refractivity contribution in [3.8, 4) is 0 Å². The van der Waals surface area contributed by atoms with E-state index in [1.54, 1.807) is 6.20 Å². The van der Waals surface area contributed by atoms with Gasteiger partial charge >= 0.3 is 0 Å². The fourth-order valence-corrected chi connectivity index (χ4v) is 4.11. The third kappa shape index (κ3) is 4.67. The van der Waals surface area contributed by atoms with Gasteiger partial charge in [0.15, 0.2) is 0 Å². The fourth-order valence-electron chi connectivity index (χ4n) is 4.11. The van der Waals surface area contributed by atoms with Crippen molar-refractivity contribution in [1.29, 1.82) is 0 Å². The molecule has 3 aromatic rings. The standard InChI is InChI=1S/C24H27N5O2/c1-17-20(14-26-29(17)15-18-8-3-2-4-9-18)24(31)27-21-11-6-5-10-19(21)16-28-13-7-12-22(28)23(25)30/h2-6,8-11,14,22H,7,12-13,15-16H2,1H3,(H2,25,30)(H,27,31). The zero-order valence-corrected chi connectivity index (χ0v) is 17.6. The number of hydrogen-bond acceptors (Lipinski definition) is 4. The normalized spacial score (nSPS) is 16.4. The lowest BCUT2D eigenvalue weighted by atomic mass is 10.1. The Hall–Kier alpha value is -3.45. The summed E-state index contributed by atoms with van der Waals surface area (Å²) in [5.74, 6) is -0.488. The van der Waals surface area contributed by atoms with Crippen molar-refractivity contribution < 1.29 is 9.59 Å². The summed E-state index contributed by atoms with van der Waals surface area (Å²) in [6.07, 6.45) is 3.34. The van der Waals surface area contributed by atoms with E-state index in [9.17, 15) is 9.59 Å². The number of nitrogens with two attached hydrogens (primary N) is 1. The van der Waals surface area contributed by atoms with Crippen molar-refractivity contribution in [2.75, 3.05) is 11.9 Å². The van der Waals surface area contributed by atoms with E-state index in [0.29, 0.717) is 18.7 Å². The Balaban J connectivity index is 1.49. The Bertz CT molecular complexity index is 1080. The van der Waals surface area contributed by atoms with Gasteiger partial charge in [-0.25, -0.2) is 0 Å². The Morgan fingerprint density at radius 3 is 2.61 bits per heavy atom. The molecule has 1 unspecified atom stereocenters. The summed E-state index contributed by atoms with van der Waals surface area (Å²) in [5.41, 5.74) is 9.72. The van der Waals surface area contributed by atoms with Gasteiger partial charge in [0.1, 0.15) is 0 Å². The van der Waals surface area contributed by atoms with Gasteiger partial charge in [0.25, 0.3) is 5.91 Å². The Morgan fingerprint density at radius 2 is 1.84 bits per heavy atom. The minimum atomic E-state index is -0.291. The third-order valence-electron chi connectivity index (χ3n) is 5.85. The number of benzene rings is 2. The molecule has 0 radical (unpaired) electrons. The predicted octanol–water partition coefficient (Wildman–Crippen LogP) is 2.94. The first-order chi connectivity index (χ1) is 15.0. The van der Waals surface area contributed by atoms with Crippen molar-refractivity contribution in [2.45, 2.75) is 38.9 Å². The molecule has 0 spiro atoms. The van der Waals surface area contributed by atoms with Crippen LogP contribution in [-0.4, -0.2) is 39.1 Å². The maximum absolute atomic E-state index is 13.0. The monoisotopic (exact) mass is 417 g/mol. The van der Waals surface area contributed by atoms with Crippen molar-refractivity contribution in [3.63, 3.8) is 0 Å². The molecule has 31 heavy (non-hydrogen) atoms. The van der Waals surface area contributed by atoms with Crippen molar-refractivity contribution in [2.24, 2.45) is 5.73 Å². The first-order valence-corrected chi connectivity index (χ1v) is 10.5. The second kappa shape index (κ2) is 9.14. The van der Waals surface area contributed by atoms with Crippen molar-refractivity contribution in [1.82, 2.24) is 14.7 Å². The van der Waals surface area contributed by atoms with Gasteiger partial charge in [-0.05, 0) is 43.5 Å². The van der Waals surface area contributed by atoms with Crippen LogP contribution in [0.1, 0.15) is 40.0 Å². The summed E-state index contributed by atoms with van der Waals surface area (Å²) in [6, 6.07) is 17.5. The first-order valence-electron chi connectivity index (χ1n) is 10.5. The molecule has 160 valence electrons. The smallest absolute Gasteiger partial charge is 0.259 e. The average molecular weight is 418 g/mol. The van der Waals surface area contributed by atoms with Gasteiger partial charge in [0.05, 0.1) is 24.3 Å². The summed E-state index contributed by atoms with van der Waals surface area (Å²) in [7, 11) is 0. The van der Waals surface area contributed by atoms with E-state index in [0.717, 1.165) is 41.9 Å². The SMILES string of the molecule is Cc1c(C(=O)Nc2ccccc2CN2CCCC2C(N)=O)cnn1Cc1ccccc1. The molecule has 0 aliphatic carbocycles. The number of amides is 2. The Kier molecular flexibility index (Phi) is 6.13. The van der Waals surface area contributed by atoms with Crippen LogP contribution >= 0.6 is 0 Å². The lowest BCUT2D eigenvalue weighted by Gasteiger charge is -2.23. The molecule has 1 aliphatic heterocycles. The molecule has 2 amide bonds. The average Bonchev–Trinajstić information content (AvgIpc) is 3.37. The lowest BCUT2D eigenvalue weighted by Crippen LogP contribution is -2.39. The lowest BCUT2D eigenvalue weighted by molar-refractivity contribution is -0.122. The van der Waals surface area contributed by atoms with Gasteiger partial charge in [0, 0.05) is 17.9 Å². The highest BCUT2D eigenvalue weighted by Gasteiger charge is 2.29. The molecular weight excluding hydrogens is 390 g/mol. The number of anilines is 1. The predicted molar refractivity (Wildman–Crippen MR) is 120 cm³/mol. The number of carbonyl (C=O) groups is 2. The quantitative estimate of drug-likeness (QED) is 0.618. The van der Waals surface area contributed by atoms with Crippen LogP contribution in [0.15, 0.2) is 60.8 Å². The largest absolute Gasteiger partial charge is 0.368 e. The zero-order chi connectivity index (χ0) is 21.8. The van der Waals surface area contributed by atoms with Crippen LogP contribution < -0.4 is 11.1 Å². The van der Waals surface area contributed by atoms with Crippen LogP contribution in [-0.2, 0) is 17.9 Å². The number of carbonyl (C=O) groups excluding carboxylic acids is 2. The van der Waals surface area contributed by atoms with Crippen LogP contribution in [0, 0.1) is 6.92 Å². The van der Waals surface area contributed by atoms with Gasteiger partial charge in [-0.15, -0.1) is 0 Å². The van der Waals surface area contributed by atoms with Crippen molar-refractivity contribution in [3.05, 3.63) is 83.2 Å². The second-order valence-electron chi connectivity index (χ2n) is 7.93. The van der Waals surface area contributed by atoms with E-state index < -0.39 is 0 Å². The molecule has 1 atom stereocenters. The highest BCUT2D eigenvalue weighted by atomic mass is 16.2. The second-order valence-corrected chi connectivity index (χ2v) is 7.93. The molecule has 3 N–H and O–H groups in total. The van der Waals surface area contributed by atoms with Crippen LogP contribution in [0.5, 0.6) is 0 Å². The molecular formula is C24H27N5O2. The summed E-state index contributed by atoms with van der Waals surface area (Å²) < 4.78 is 1.83. The number of likely N-dealkylation sites (tertiary alicyclic amines) is 1. The maximum Gasteiger partial charge on any atom is 0.259 e. The molecule has 7 heteroatoms. The zero-order valence-electron chi connectivity index (χ0n) is 17.6. The molecule has 7 nitrogen and oxygen atoms in total. The number of nitrogens with zero attached hydrogens (tertiary/aromatic N) is 3. The minimum absolute atomic E-state index is 0.197. The number of nitrogens with one attached hydrogen (secondary N) is 1. The summed E-state index contributed by atoms with van der Waals surface area (Å²) in [4.78, 5) is 26.8. The molecule has 0 bridgehead atoms. The molecule has 1 aromatic heterocycles. The number of hydrogen-bond donors (Lipinski definition) is 2. The van der Waals surface area contributed by atoms with E-state index in [-0.39, 0.29) is 17.9 Å². The molecule has 4 rings (SSSR count). The van der Waals surface area contributed by atoms with E-state index in [1.807, 2.05) is 66.2 Å². The Morgan fingerprint density at radius 1 is 1.10 bits per heavy atom. The molecule has 2 heterocycles. The van der Waals surface area contributed by atoms with Crippen LogP contribution in [0.4, 0.5) is 5.69 Å². The van der Waals surface area contributed by atoms with Crippen LogP contribution in [0.3, 0.4) is 0 Å². The van der Waals surface area contributed by atoms with Gasteiger partial charge in [-0.1, -0.05) is 48.5 Å². The number of aromatic nitrogens is 2. The highest BCUT2D eigenvalue weighted by Crippen LogP contribution is 2.24. The first kappa shape index (κ1) is 20.8. The molecule has 1 aliphatic rings. The highest BCUT2D eigenvalue weighted by molar-refractivity contribution is 6.05. The summed E-state index contributed by atoms with van der Waals surface area (Å²) >= 11 is 0. The van der Waals surface area contributed by atoms with E-state index in [4.69, 9.17) is 5.73 Å². The van der Waals surface area contributed by atoms with E-state index in [1.165, 1.54) is 0 Å². The Labute approximate surface area is 181 Å². The topological polar surface area (TPSA) is 93.2 Å². The van der Waals surface area contributed by atoms with Gasteiger partial charge < -0.3 is 11.1 Å². The number of rotatable bonds is 7. The maximum atomic E-state index is 13.0. The van der Waals surface area contributed by atoms with Gasteiger partial charge in [0.2, 0.25) is 5.91 Å². The van der Waals surface area contributed by atoms with Gasteiger partial charge in [-0.3, -0.25) is 19.2 Å². The molecule has 0 saturated carbocycles. The molecule has 2 aromatic carbocycles. The molecule has 1 saturated heterocycles. The number of primary amides is 1. The summed E-state index contributed by atoms with van der Waals surface area (Å²) in [5, 5.41) is 7.43. The van der Waals surface area contributed by atoms with Crippen LogP contribution in [0.25, 0.3) is 0 Å². The van der Waals surface area contributed by atoms with E-state index >= 15 is 0 Å². The molecule has 1 fully saturated rings. The van der Waals surface area contributed by atoms with Crippen LogP contribution in [0.2, 0.25) is 0 Å². The minimum Gasteiger partial charge on any atom is -0.368 e.